The van der Waals surface area contributed by atoms with E-state index in [1.807, 2.05) is 6.07 Å². The molecule has 1 aromatic heterocycles. The lowest BCUT2D eigenvalue weighted by atomic mass is 10.2. The molecule has 0 saturated heterocycles. The van der Waals surface area contributed by atoms with E-state index in [0.717, 1.165) is 23.9 Å². The highest BCUT2D eigenvalue weighted by atomic mass is 35.5. The third-order valence-electron chi connectivity index (χ3n) is 3.00. The normalized spacial score (nSPS) is 11.5. The minimum atomic E-state index is -4.80. The Bertz CT molecular complexity index is 1110. The number of benzene rings is 1. The number of anilines is 2. The lowest BCUT2D eigenvalue weighted by molar-refractivity contribution is 0.0697. The van der Waals surface area contributed by atoms with E-state index >= 15 is 0 Å². The van der Waals surface area contributed by atoms with E-state index in [1.165, 1.54) is 0 Å². The zero-order chi connectivity index (χ0) is 21.1. The van der Waals surface area contributed by atoms with Crippen molar-refractivity contribution in [3.05, 3.63) is 22.7 Å². The van der Waals surface area contributed by atoms with Crippen molar-refractivity contribution in [1.82, 2.24) is 9.97 Å². The quantitative estimate of drug-likeness (QED) is 0.219. The Hall–Kier alpha value is -2.99. The lowest BCUT2D eigenvalue weighted by Gasteiger charge is -2.07. The first-order chi connectivity index (χ1) is 13.0. The molecular weight excluding hydrogens is 434 g/mol. The predicted octanol–water partition coefficient (Wildman–Crippen LogP) is 2.27. The van der Waals surface area contributed by atoms with Crippen LogP contribution in [0.1, 0.15) is 10.4 Å². The van der Waals surface area contributed by atoms with Gasteiger partial charge in [-0.1, -0.05) is 23.4 Å². The number of nitrogen functional groups attached to an aromatic ring is 2. The van der Waals surface area contributed by atoms with Gasteiger partial charge in [-0.2, -0.15) is 13.7 Å². The summed E-state index contributed by atoms with van der Waals surface area (Å²) in [6.45, 7) is 0. The molecule has 0 spiro atoms. The molecule has 0 aliphatic carbocycles. The van der Waals surface area contributed by atoms with Gasteiger partial charge >= 0.3 is 5.97 Å². The summed E-state index contributed by atoms with van der Waals surface area (Å²) in [7, 11) is -4.80. The molecule has 2 aromatic rings. The summed E-state index contributed by atoms with van der Waals surface area (Å²) >= 11 is 6.69. The van der Waals surface area contributed by atoms with Crippen molar-refractivity contribution in [3.8, 4) is 6.07 Å². The molecule has 0 unspecified atom stereocenters. The van der Waals surface area contributed by atoms with Gasteiger partial charge in [0.05, 0.1) is 22.4 Å². The number of hydrogen-bond donors (Lipinski definition) is 4. The van der Waals surface area contributed by atoms with Crippen molar-refractivity contribution in [3.63, 3.8) is 0 Å². The number of aromatic carboxylic acids is 1. The molecule has 12 nitrogen and oxygen atoms in total. The second-order valence-electron chi connectivity index (χ2n) is 4.85. The third-order valence-corrected chi connectivity index (χ3v) is 4.91. The number of carboxylic acid groups (broad SMARTS) is 1. The molecule has 0 saturated carbocycles. The van der Waals surface area contributed by atoms with Gasteiger partial charge in [0.1, 0.15) is 10.6 Å². The molecule has 1 heterocycles. The van der Waals surface area contributed by atoms with Gasteiger partial charge in [0.25, 0.3) is 10.1 Å². The summed E-state index contributed by atoms with van der Waals surface area (Å²) in [5.74, 6) is -1.82. The molecule has 6 N–H and O–H groups in total. The molecule has 146 valence electrons. The van der Waals surface area contributed by atoms with Gasteiger partial charge in [0.15, 0.2) is 22.5 Å². The minimum Gasteiger partial charge on any atom is -0.478 e. The van der Waals surface area contributed by atoms with E-state index in [1.54, 1.807) is 0 Å². The Morgan fingerprint density at radius 1 is 1.29 bits per heavy atom. The van der Waals surface area contributed by atoms with Crippen LogP contribution in [-0.4, -0.2) is 39.8 Å². The van der Waals surface area contributed by atoms with Crippen molar-refractivity contribution in [2.45, 2.75) is 10.1 Å². The SMILES string of the molecule is N#CCSc1nc(N)c(/N=N/c2cc(C(=O)O)c(Cl)cc2S(=O)(=O)O)c(N)n1. The van der Waals surface area contributed by atoms with Gasteiger partial charge in [0.2, 0.25) is 0 Å². The lowest BCUT2D eigenvalue weighted by Crippen LogP contribution is -2.03. The van der Waals surface area contributed by atoms with Crippen molar-refractivity contribution >= 4 is 62.5 Å². The summed E-state index contributed by atoms with van der Waals surface area (Å²) in [6, 6.07) is 3.40. The first kappa shape index (κ1) is 21.3. The third kappa shape index (κ3) is 4.84. The van der Waals surface area contributed by atoms with Crippen LogP contribution >= 0.6 is 23.4 Å². The van der Waals surface area contributed by atoms with Gasteiger partial charge in [-0.05, 0) is 12.1 Å². The maximum Gasteiger partial charge on any atom is 0.337 e. The maximum atomic E-state index is 11.5. The first-order valence-electron chi connectivity index (χ1n) is 6.93. The molecule has 28 heavy (non-hydrogen) atoms. The predicted molar refractivity (Wildman–Crippen MR) is 99.6 cm³/mol. The summed E-state index contributed by atoms with van der Waals surface area (Å²) in [5.41, 5.74) is 10.2. The molecule has 0 aliphatic heterocycles. The number of halogens is 1. The molecule has 0 atom stereocenters. The number of thioether (sulfide) groups is 1. The number of nitrogens with two attached hydrogens (primary N) is 2. The number of hydrogen-bond acceptors (Lipinski definition) is 11. The van der Waals surface area contributed by atoms with Crippen LogP contribution in [0.2, 0.25) is 5.02 Å². The van der Waals surface area contributed by atoms with E-state index in [-0.39, 0.29) is 28.2 Å². The largest absolute Gasteiger partial charge is 0.478 e. The maximum absolute atomic E-state index is 11.5. The summed E-state index contributed by atoms with van der Waals surface area (Å²) < 4.78 is 32.4. The van der Waals surface area contributed by atoms with E-state index in [2.05, 4.69) is 20.2 Å². The van der Waals surface area contributed by atoms with Crippen LogP contribution in [0.15, 0.2) is 32.4 Å². The van der Waals surface area contributed by atoms with Crippen LogP contribution in [0.3, 0.4) is 0 Å². The number of nitrogens with zero attached hydrogens (tertiary/aromatic N) is 5. The van der Waals surface area contributed by atoms with Gasteiger partial charge in [-0.3, -0.25) is 4.55 Å². The first-order valence-corrected chi connectivity index (χ1v) is 9.73. The van der Waals surface area contributed by atoms with Crippen LogP contribution in [0, 0.1) is 11.3 Å². The molecule has 2 rings (SSSR count). The average Bonchev–Trinajstić information content (AvgIpc) is 2.58. The van der Waals surface area contributed by atoms with Crippen molar-refractivity contribution in [2.24, 2.45) is 10.2 Å². The smallest absolute Gasteiger partial charge is 0.337 e. The van der Waals surface area contributed by atoms with E-state index in [0.29, 0.717) is 0 Å². The van der Waals surface area contributed by atoms with Gasteiger partial charge in [0, 0.05) is 0 Å². The molecule has 0 bridgehead atoms. The highest BCUT2D eigenvalue weighted by Crippen LogP contribution is 2.34. The average molecular weight is 444 g/mol. The second-order valence-corrected chi connectivity index (χ2v) is 7.59. The Morgan fingerprint density at radius 2 is 1.89 bits per heavy atom. The Balaban J connectivity index is 2.56. The van der Waals surface area contributed by atoms with Crippen LogP contribution in [0.5, 0.6) is 0 Å². The molecule has 15 heteroatoms. The highest BCUT2D eigenvalue weighted by molar-refractivity contribution is 7.99. The van der Waals surface area contributed by atoms with Gasteiger partial charge < -0.3 is 16.6 Å². The standard InChI is InChI=1S/C13H10ClN7O5S2/c14-6-4-8(28(24,25)26)7(3-5(6)12(22)23)20-21-9-10(16)18-13(19-11(9)17)27-2-1-15/h3-4H,2H2,(H,22,23)(H,24,25,26)(H4,16,17,18,19)/b21-20+. The van der Waals surface area contributed by atoms with Crippen LogP contribution < -0.4 is 11.5 Å². The van der Waals surface area contributed by atoms with Gasteiger partial charge in [-0.15, -0.1) is 10.2 Å². The molecule has 0 radical (unpaired) electrons. The monoisotopic (exact) mass is 443 g/mol. The van der Waals surface area contributed by atoms with E-state index < -0.39 is 37.3 Å². The highest BCUT2D eigenvalue weighted by Gasteiger charge is 2.21. The molecule has 0 fully saturated rings. The zero-order valence-corrected chi connectivity index (χ0v) is 16.0. The summed E-state index contributed by atoms with van der Waals surface area (Å²) in [6.07, 6.45) is 0. The van der Waals surface area contributed by atoms with E-state index in [4.69, 9.17) is 33.4 Å². The van der Waals surface area contributed by atoms with Crippen LogP contribution in [0.4, 0.5) is 23.0 Å². The number of azo groups is 1. The molecule has 0 amide bonds. The number of carboxylic acids is 1. The Kier molecular flexibility index (Phi) is 6.36. The fraction of sp³-hybridized carbons (Fsp3) is 0.0769. The number of rotatable bonds is 6. The Labute approximate surface area is 167 Å². The minimum absolute atomic E-state index is 0.0558. The topological polar surface area (TPSA) is 218 Å². The summed E-state index contributed by atoms with van der Waals surface area (Å²) in [5, 5.41) is 24.6. The number of nitriles is 1. The van der Waals surface area contributed by atoms with Crippen molar-refractivity contribution in [1.29, 1.82) is 5.26 Å². The van der Waals surface area contributed by atoms with E-state index in [9.17, 15) is 17.8 Å². The number of carbonyl (C=O) groups is 1. The van der Waals surface area contributed by atoms with Crippen LogP contribution in [0.25, 0.3) is 0 Å². The molecular formula is C13H10ClN7O5S2. The second kappa shape index (κ2) is 8.35. The Morgan fingerprint density at radius 3 is 2.39 bits per heavy atom. The molecule has 1 aromatic carbocycles. The zero-order valence-electron chi connectivity index (χ0n) is 13.6. The van der Waals surface area contributed by atoms with Crippen LogP contribution in [-0.2, 0) is 10.1 Å². The summed E-state index contributed by atoms with van der Waals surface area (Å²) in [4.78, 5) is 18.2. The van der Waals surface area contributed by atoms with Crippen molar-refractivity contribution < 1.29 is 22.9 Å². The molecule has 0 aliphatic rings. The fourth-order valence-electron chi connectivity index (χ4n) is 1.83. The number of aromatic nitrogens is 2. The van der Waals surface area contributed by atoms with Crippen molar-refractivity contribution in [2.75, 3.05) is 17.2 Å². The van der Waals surface area contributed by atoms with Gasteiger partial charge in [-0.25, -0.2) is 14.8 Å². The fourth-order valence-corrected chi connectivity index (χ4v) is 3.29.